The van der Waals surface area contributed by atoms with Gasteiger partial charge in [0.15, 0.2) is 11.9 Å². The molecule has 25 heavy (non-hydrogen) atoms. The first-order chi connectivity index (χ1) is 12.2. The van der Waals surface area contributed by atoms with Crippen molar-refractivity contribution < 1.29 is 9.47 Å². The molecule has 2 N–H and O–H groups in total. The minimum Gasteiger partial charge on any atom is -0.365 e. The summed E-state index contributed by atoms with van der Waals surface area (Å²) in [6.07, 6.45) is 1.39. The second kappa shape index (κ2) is 7.91. The van der Waals surface area contributed by atoms with E-state index < -0.39 is 0 Å². The first kappa shape index (κ1) is 17.1. The number of hydrogen-bond acceptors (Lipinski definition) is 7. The third-order valence-electron chi connectivity index (χ3n) is 3.85. The Morgan fingerprint density at radius 1 is 1.08 bits per heavy atom. The molecule has 8 heteroatoms. The molecule has 0 radical (unpaired) electrons. The molecule has 0 saturated carbocycles. The van der Waals surface area contributed by atoms with Gasteiger partial charge in [0.1, 0.15) is 5.82 Å². The van der Waals surface area contributed by atoms with Gasteiger partial charge < -0.3 is 20.1 Å². The lowest BCUT2D eigenvalue weighted by atomic mass is 10.2. The smallest absolute Gasteiger partial charge is 0.226 e. The molecule has 0 bridgehead atoms. The van der Waals surface area contributed by atoms with Crippen LogP contribution in [-0.2, 0) is 23.1 Å². The Balaban J connectivity index is 1.82. The molecule has 2 aromatic heterocycles. The van der Waals surface area contributed by atoms with Crippen LogP contribution in [0.2, 0.25) is 0 Å². The number of methoxy groups -OCH3 is 2. The van der Waals surface area contributed by atoms with Crippen molar-refractivity contribution in [2.75, 3.05) is 31.4 Å². The molecule has 8 nitrogen and oxygen atoms in total. The standard InChI is InChI=1S/C17H22N6O2/c1-23-16-13(10-20-23)15(18-9-12-7-5-4-6-8-12)21-17(22-16)19-11-14(24-2)25-3/h4-8,10,14H,9,11H2,1-3H3,(H2,18,19,21,22). The topological polar surface area (TPSA) is 86.1 Å². The van der Waals surface area contributed by atoms with Gasteiger partial charge in [0.05, 0.1) is 18.1 Å². The summed E-state index contributed by atoms with van der Waals surface area (Å²) in [7, 11) is 5.04. The SMILES string of the molecule is COC(CNc1nc(NCc2ccccc2)c2cnn(C)c2n1)OC. The van der Waals surface area contributed by atoms with Crippen molar-refractivity contribution in [1.82, 2.24) is 19.7 Å². The van der Waals surface area contributed by atoms with Crippen molar-refractivity contribution in [3.05, 3.63) is 42.1 Å². The van der Waals surface area contributed by atoms with Crippen molar-refractivity contribution in [3.8, 4) is 0 Å². The quantitative estimate of drug-likeness (QED) is 0.606. The third kappa shape index (κ3) is 4.04. The minimum atomic E-state index is -0.369. The van der Waals surface area contributed by atoms with Crippen molar-refractivity contribution in [3.63, 3.8) is 0 Å². The summed E-state index contributed by atoms with van der Waals surface area (Å²) in [5.74, 6) is 1.22. The molecule has 3 aromatic rings. The molecule has 132 valence electrons. The summed E-state index contributed by atoms with van der Waals surface area (Å²) in [5, 5.41) is 11.7. The number of hydrogen-bond donors (Lipinski definition) is 2. The van der Waals surface area contributed by atoms with Crippen molar-refractivity contribution in [2.24, 2.45) is 7.05 Å². The molecule has 2 heterocycles. The average Bonchev–Trinajstić information content (AvgIpc) is 3.03. The molecule has 0 saturated heterocycles. The summed E-state index contributed by atoms with van der Waals surface area (Å²) in [6.45, 7) is 1.11. The van der Waals surface area contributed by atoms with Gasteiger partial charge in [0.2, 0.25) is 5.95 Å². The maximum atomic E-state index is 5.18. The number of nitrogens with zero attached hydrogens (tertiary/aromatic N) is 4. The minimum absolute atomic E-state index is 0.369. The van der Waals surface area contributed by atoms with Gasteiger partial charge in [-0.2, -0.15) is 15.1 Å². The van der Waals surface area contributed by atoms with Crippen molar-refractivity contribution in [1.29, 1.82) is 0 Å². The Kier molecular flexibility index (Phi) is 5.42. The third-order valence-corrected chi connectivity index (χ3v) is 3.85. The Bertz CT molecular complexity index is 817. The number of anilines is 2. The van der Waals surface area contributed by atoms with E-state index in [1.165, 1.54) is 5.56 Å². The number of aryl methyl sites for hydroxylation is 1. The van der Waals surface area contributed by atoms with E-state index in [2.05, 4.69) is 37.8 Å². The van der Waals surface area contributed by atoms with Crippen LogP contribution in [0.4, 0.5) is 11.8 Å². The Morgan fingerprint density at radius 3 is 2.56 bits per heavy atom. The molecule has 0 amide bonds. The van der Waals surface area contributed by atoms with Gasteiger partial charge in [-0.25, -0.2) is 0 Å². The van der Waals surface area contributed by atoms with Crippen LogP contribution in [0, 0.1) is 0 Å². The van der Waals surface area contributed by atoms with Crippen LogP contribution >= 0.6 is 0 Å². The van der Waals surface area contributed by atoms with Gasteiger partial charge in [-0.15, -0.1) is 0 Å². The van der Waals surface area contributed by atoms with E-state index in [-0.39, 0.29) is 6.29 Å². The van der Waals surface area contributed by atoms with E-state index in [4.69, 9.17) is 9.47 Å². The van der Waals surface area contributed by atoms with Crippen LogP contribution in [-0.4, -0.2) is 46.8 Å². The highest BCUT2D eigenvalue weighted by atomic mass is 16.7. The van der Waals surface area contributed by atoms with Crippen LogP contribution in [0.3, 0.4) is 0 Å². The van der Waals surface area contributed by atoms with Crippen LogP contribution in [0.1, 0.15) is 5.56 Å². The largest absolute Gasteiger partial charge is 0.365 e. The molecule has 0 fully saturated rings. The van der Waals surface area contributed by atoms with Gasteiger partial charge in [-0.3, -0.25) is 4.68 Å². The molecular formula is C17H22N6O2. The second-order valence-corrected chi connectivity index (χ2v) is 5.52. The van der Waals surface area contributed by atoms with Gasteiger partial charge in [-0.05, 0) is 5.56 Å². The number of rotatable bonds is 8. The van der Waals surface area contributed by atoms with Gasteiger partial charge in [0, 0.05) is 27.8 Å². The zero-order valence-corrected chi connectivity index (χ0v) is 14.6. The van der Waals surface area contributed by atoms with Crippen molar-refractivity contribution in [2.45, 2.75) is 12.8 Å². The Labute approximate surface area is 146 Å². The first-order valence-electron chi connectivity index (χ1n) is 7.98. The summed E-state index contributed by atoms with van der Waals surface area (Å²) < 4.78 is 12.1. The fourth-order valence-corrected chi connectivity index (χ4v) is 2.46. The predicted molar refractivity (Wildman–Crippen MR) is 96.4 cm³/mol. The van der Waals surface area contributed by atoms with Crippen LogP contribution < -0.4 is 10.6 Å². The monoisotopic (exact) mass is 342 g/mol. The molecule has 0 aliphatic heterocycles. The molecule has 0 atom stereocenters. The number of nitrogens with one attached hydrogen (secondary N) is 2. The Morgan fingerprint density at radius 2 is 1.84 bits per heavy atom. The predicted octanol–water partition coefficient (Wildman–Crippen LogP) is 2.01. The normalized spacial score (nSPS) is 11.2. The van der Waals surface area contributed by atoms with Gasteiger partial charge in [0.25, 0.3) is 0 Å². The second-order valence-electron chi connectivity index (χ2n) is 5.52. The average molecular weight is 342 g/mol. The van der Waals surface area contributed by atoms with Gasteiger partial charge in [-0.1, -0.05) is 30.3 Å². The highest BCUT2D eigenvalue weighted by Crippen LogP contribution is 2.22. The van der Waals surface area contributed by atoms with Crippen molar-refractivity contribution >= 4 is 22.8 Å². The molecule has 0 unspecified atom stereocenters. The van der Waals surface area contributed by atoms with Crippen LogP contribution in [0.15, 0.2) is 36.5 Å². The molecule has 0 spiro atoms. The summed E-state index contributed by atoms with van der Waals surface area (Å²) in [4.78, 5) is 9.09. The number of benzene rings is 1. The highest BCUT2D eigenvalue weighted by Gasteiger charge is 2.13. The number of ether oxygens (including phenoxy) is 2. The molecule has 1 aromatic carbocycles. The fourth-order valence-electron chi connectivity index (χ4n) is 2.46. The summed E-state index contributed by atoms with van der Waals surface area (Å²) >= 11 is 0. The lowest BCUT2D eigenvalue weighted by Gasteiger charge is -2.15. The lowest BCUT2D eigenvalue weighted by molar-refractivity contribution is -0.0914. The zero-order chi connectivity index (χ0) is 17.6. The number of fused-ring (bicyclic) bond motifs is 1. The molecule has 3 rings (SSSR count). The van der Waals surface area contributed by atoms with E-state index >= 15 is 0 Å². The fraction of sp³-hybridized carbons (Fsp3) is 0.353. The van der Waals surface area contributed by atoms with E-state index in [0.29, 0.717) is 19.0 Å². The maximum absolute atomic E-state index is 5.18. The van der Waals surface area contributed by atoms with E-state index in [1.807, 2.05) is 25.2 Å². The van der Waals surface area contributed by atoms with E-state index in [0.717, 1.165) is 16.9 Å². The van der Waals surface area contributed by atoms with E-state index in [9.17, 15) is 0 Å². The summed E-state index contributed by atoms with van der Waals surface area (Å²) in [5.41, 5.74) is 1.92. The van der Waals surface area contributed by atoms with Gasteiger partial charge >= 0.3 is 0 Å². The molecule has 0 aliphatic rings. The van der Waals surface area contributed by atoms with Crippen LogP contribution in [0.25, 0.3) is 11.0 Å². The Hall–Kier alpha value is -2.71. The summed E-state index contributed by atoms with van der Waals surface area (Å²) in [6, 6.07) is 10.2. The number of aromatic nitrogens is 4. The zero-order valence-electron chi connectivity index (χ0n) is 14.6. The molecule has 0 aliphatic carbocycles. The van der Waals surface area contributed by atoms with E-state index in [1.54, 1.807) is 25.1 Å². The maximum Gasteiger partial charge on any atom is 0.226 e. The van der Waals surface area contributed by atoms with Crippen LogP contribution in [0.5, 0.6) is 0 Å². The lowest BCUT2D eigenvalue weighted by Crippen LogP contribution is -2.24. The first-order valence-corrected chi connectivity index (χ1v) is 7.98. The highest BCUT2D eigenvalue weighted by molar-refractivity contribution is 5.87. The molecular weight excluding hydrogens is 320 g/mol.